The van der Waals surface area contributed by atoms with Crippen LogP contribution in [0.1, 0.15) is 37.4 Å². The smallest absolute Gasteiger partial charge is 0.133 e. The second-order valence-electron chi connectivity index (χ2n) is 3.65. The van der Waals surface area contributed by atoms with Crippen molar-refractivity contribution in [1.82, 2.24) is 9.97 Å². The summed E-state index contributed by atoms with van der Waals surface area (Å²) < 4.78 is 0. The van der Waals surface area contributed by atoms with E-state index in [2.05, 4.69) is 29.1 Å². The minimum atomic E-state index is 0.919. The van der Waals surface area contributed by atoms with Gasteiger partial charge in [0.05, 0.1) is 0 Å². The van der Waals surface area contributed by atoms with E-state index in [9.17, 15) is 0 Å². The molecule has 3 heteroatoms. The summed E-state index contributed by atoms with van der Waals surface area (Å²) in [5.41, 5.74) is 2.58. The fraction of sp³-hybridized carbons (Fsp3) is 0.636. The zero-order chi connectivity index (χ0) is 9.97. The molecule has 0 spiro atoms. The van der Waals surface area contributed by atoms with Crippen LogP contribution in [0, 0.1) is 0 Å². The third-order valence-corrected chi connectivity index (χ3v) is 2.69. The Balaban J connectivity index is 2.47. The van der Waals surface area contributed by atoms with Gasteiger partial charge in [-0.05, 0) is 19.3 Å². The van der Waals surface area contributed by atoms with E-state index < -0.39 is 0 Å². The van der Waals surface area contributed by atoms with Crippen molar-refractivity contribution in [3.8, 4) is 0 Å². The first kappa shape index (κ1) is 9.44. The Labute approximate surface area is 85.0 Å². The number of nitrogens with zero attached hydrogens (tertiary/aromatic N) is 2. The van der Waals surface area contributed by atoms with Gasteiger partial charge in [0.15, 0.2) is 0 Å². The van der Waals surface area contributed by atoms with Crippen LogP contribution in [0.3, 0.4) is 0 Å². The summed E-state index contributed by atoms with van der Waals surface area (Å²) in [5, 5.41) is 3.36. The molecule has 1 N–H and O–H groups in total. The molecule has 1 aliphatic heterocycles. The van der Waals surface area contributed by atoms with Gasteiger partial charge in [-0.2, -0.15) is 0 Å². The maximum atomic E-state index is 4.57. The fourth-order valence-corrected chi connectivity index (χ4v) is 1.91. The molecule has 1 aromatic heterocycles. The van der Waals surface area contributed by atoms with Crippen LogP contribution in [0.15, 0.2) is 0 Å². The highest BCUT2D eigenvalue weighted by atomic mass is 15.0. The van der Waals surface area contributed by atoms with Crippen LogP contribution in [0.4, 0.5) is 5.82 Å². The Hall–Kier alpha value is -1.12. The number of nitrogens with one attached hydrogen (secondary N) is 1. The zero-order valence-corrected chi connectivity index (χ0v) is 8.93. The third-order valence-electron chi connectivity index (χ3n) is 2.69. The molecular weight excluding hydrogens is 174 g/mol. The molecule has 1 aromatic rings. The van der Waals surface area contributed by atoms with E-state index in [0.717, 1.165) is 37.4 Å². The monoisotopic (exact) mass is 191 g/mol. The summed E-state index contributed by atoms with van der Waals surface area (Å²) in [4.78, 5) is 9.09. The molecule has 0 saturated heterocycles. The van der Waals surface area contributed by atoms with Gasteiger partial charge in [-0.15, -0.1) is 0 Å². The minimum absolute atomic E-state index is 0.919. The number of aromatic nitrogens is 2. The Bertz CT molecular complexity index is 316. The molecule has 0 saturated carbocycles. The van der Waals surface area contributed by atoms with Gasteiger partial charge in [0, 0.05) is 24.2 Å². The summed E-state index contributed by atoms with van der Waals surface area (Å²) in [7, 11) is 0. The topological polar surface area (TPSA) is 37.8 Å². The maximum Gasteiger partial charge on any atom is 0.133 e. The molecule has 0 atom stereocenters. The van der Waals surface area contributed by atoms with Crippen molar-refractivity contribution >= 4 is 5.82 Å². The quantitative estimate of drug-likeness (QED) is 0.776. The van der Waals surface area contributed by atoms with Crippen molar-refractivity contribution in [3.05, 3.63) is 17.1 Å². The fourth-order valence-electron chi connectivity index (χ4n) is 1.91. The molecule has 0 amide bonds. The van der Waals surface area contributed by atoms with Crippen LogP contribution in [0.2, 0.25) is 0 Å². The van der Waals surface area contributed by atoms with Crippen LogP contribution < -0.4 is 5.32 Å². The van der Waals surface area contributed by atoms with Crippen LogP contribution in [-0.4, -0.2) is 16.5 Å². The number of rotatable bonds is 2. The highest BCUT2D eigenvalue weighted by Gasteiger charge is 2.15. The largest absolute Gasteiger partial charge is 0.370 e. The summed E-state index contributed by atoms with van der Waals surface area (Å²) in [5.74, 6) is 2.05. The van der Waals surface area contributed by atoms with Crippen molar-refractivity contribution in [3.63, 3.8) is 0 Å². The highest BCUT2D eigenvalue weighted by molar-refractivity contribution is 5.48. The average Bonchev–Trinajstić information content (AvgIpc) is 2.27. The predicted molar refractivity (Wildman–Crippen MR) is 57.6 cm³/mol. The average molecular weight is 191 g/mol. The number of hydrogen-bond acceptors (Lipinski definition) is 3. The summed E-state index contributed by atoms with van der Waals surface area (Å²) in [6.45, 7) is 5.32. The molecule has 1 aliphatic rings. The predicted octanol–water partition coefficient (Wildman–Crippen LogP) is 1.96. The molecule has 2 rings (SSSR count). The van der Waals surface area contributed by atoms with E-state index >= 15 is 0 Å². The van der Waals surface area contributed by atoms with Crippen LogP contribution in [-0.2, 0) is 19.3 Å². The molecule has 0 radical (unpaired) electrons. The van der Waals surface area contributed by atoms with Crippen LogP contribution in [0.25, 0.3) is 0 Å². The van der Waals surface area contributed by atoms with Gasteiger partial charge >= 0.3 is 0 Å². The van der Waals surface area contributed by atoms with E-state index in [-0.39, 0.29) is 0 Å². The second kappa shape index (κ2) is 3.95. The van der Waals surface area contributed by atoms with Gasteiger partial charge in [0.25, 0.3) is 0 Å². The maximum absolute atomic E-state index is 4.57. The van der Waals surface area contributed by atoms with Gasteiger partial charge in [0.2, 0.25) is 0 Å². The van der Waals surface area contributed by atoms with Gasteiger partial charge in [-0.1, -0.05) is 13.8 Å². The molecule has 3 nitrogen and oxygen atoms in total. The number of anilines is 1. The van der Waals surface area contributed by atoms with Crippen molar-refractivity contribution in [2.24, 2.45) is 0 Å². The van der Waals surface area contributed by atoms with Crippen molar-refractivity contribution in [2.45, 2.75) is 39.5 Å². The van der Waals surface area contributed by atoms with Crippen molar-refractivity contribution < 1.29 is 0 Å². The number of aryl methyl sites for hydroxylation is 2. The normalized spacial score (nSPS) is 14.7. The molecule has 0 aromatic carbocycles. The molecule has 0 aliphatic carbocycles. The van der Waals surface area contributed by atoms with Gasteiger partial charge in [0.1, 0.15) is 11.6 Å². The lowest BCUT2D eigenvalue weighted by Crippen LogP contribution is -2.17. The first-order valence-corrected chi connectivity index (χ1v) is 5.47. The Morgan fingerprint density at radius 3 is 2.79 bits per heavy atom. The standard InChI is InChI=1S/C11H17N3/c1-3-9-8-6-5-7-12-11(8)14-10(4-2)13-9/h3-7H2,1-2H3,(H,12,13,14). The Kier molecular flexibility index (Phi) is 2.66. The van der Waals surface area contributed by atoms with Crippen molar-refractivity contribution in [2.75, 3.05) is 11.9 Å². The zero-order valence-electron chi connectivity index (χ0n) is 8.93. The molecule has 14 heavy (non-hydrogen) atoms. The summed E-state index contributed by atoms with van der Waals surface area (Å²) >= 11 is 0. The Morgan fingerprint density at radius 1 is 1.21 bits per heavy atom. The lowest BCUT2D eigenvalue weighted by Gasteiger charge is -2.19. The van der Waals surface area contributed by atoms with Gasteiger partial charge in [-0.3, -0.25) is 0 Å². The minimum Gasteiger partial charge on any atom is -0.370 e. The second-order valence-corrected chi connectivity index (χ2v) is 3.65. The molecule has 0 fully saturated rings. The SMILES string of the molecule is CCc1nc(CC)c2c(n1)NCCC2. The molecule has 0 bridgehead atoms. The lowest BCUT2D eigenvalue weighted by atomic mass is 10.0. The lowest BCUT2D eigenvalue weighted by molar-refractivity contribution is 0.766. The number of hydrogen-bond donors (Lipinski definition) is 1. The van der Waals surface area contributed by atoms with E-state index in [4.69, 9.17) is 0 Å². The molecule has 0 unspecified atom stereocenters. The first-order chi connectivity index (χ1) is 6.85. The molecule has 76 valence electrons. The van der Waals surface area contributed by atoms with E-state index in [0.29, 0.717) is 0 Å². The van der Waals surface area contributed by atoms with E-state index in [1.807, 2.05) is 0 Å². The van der Waals surface area contributed by atoms with Crippen LogP contribution in [0.5, 0.6) is 0 Å². The Morgan fingerprint density at radius 2 is 2.07 bits per heavy atom. The summed E-state index contributed by atoms with van der Waals surface area (Å²) in [6, 6.07) is 0. The highest BCUT2D eigenvalue weighted by Crippen LogP contribution is 2.22. The first-order valence-electron chi connectivity index (χ1n) is 5.47. The summed E-state index contributed by atoms with van der Waals surface area (Å²) in [6.07, 6.45) is 4.27. The van der Waals surface area contributed by atoms with Crippen LogP contribution >= 0.6 is 0 Å². The third kappa shape index (κ3) is 1.59. The number of fused-ring (bicyclic) bond motifs is 1. The molecular formula is C11H17N3. The van der Waals surface area contributed by atoms with E-state index in [1.165, 1.54) is 17.7 Å². The van der Waals surface area contributed by atoms with E-state index in [1.54, 1.807) is 0 Å². The van der Waals surface area contributed by atoms with Crippen molar-refractivity contribution in [1.29, 1.82) is 0 Å². The van der Waals surface area contributed by atoms with Gasteiger partial charge in [-0.25, -0.2) is 9.97 Å². The van der Waals surface area contributed by atoms with Gasteiger partial charge < -0.3 is 5.32 Å². The molecule has 2 heterocycles.